The van der Waals surface area contributed by atoms with Crippen LogP contribution in [0.25, 0.3) is 0 Å². The van der Waals surface area contributed by atoms with Gasteiger partial charge in [0.2, 0.25) is 0 Å². The number of nitrogens with zero attached hydrogens (tertiary/aromatic N) is 2. The summed E-state index contributed by atoms with van der Waals surface area (Å²) in [5.41, 5.74) is 0.803. The highest BCUT2D eigenvalue weighted by molar-refractivity contribution is 14.0. The molecule has 0 fully saturated rings. The maximum absolute atomic E-state index is 12.8. The van der Waals surface area contributed by atoms with Crippen molar-refractivity contribution in [2.75, 3.05) is 13.6 Å². The number of hydrogen-bond acceptors (Lipinski definition) is 3. The molecule has 9 heteroatoms. The van der Waals surface area contributed by atoms with Gasteiger partial charge in [-0.3, -0.25) is 4.99 Å². The molecule has 1 unspecified atom stereocenters. The summed E-state index contributed by atoms with van der Waals surface area (Å²) in [6.45, 7) is 2.96. The Morgan fingerprint density at radius 1 is 1.27 bits per heavy atom. The molecule has 0 amide bonds. The van der Waals surface area contributed by atoms with Gasteiger partial charge in [-0.2, -0.15) is 13.2 Å². The molecule has 2 rings (SSSR count). The fourth-order valence-electron chi connectivity index (χ4n) is 2.32. The van der Waals surface area contributed by atoms with Crippen molar-refractivity contribution in [2.45, 2.75) is 32.0 Å². The van der Waals surface area contributed by atoms with Crippen LogP contribution in [0.5, 0.6) is 0 Å². The largest absolute Gasteiger partial charge is 0.416 e. The smallest absolute Gasteiger partial charge is 0.364 e. The van der Waals surface area contributed by atoms with Crippen molar-refractivity contribution in [3.63, 3.8) is 0 Å². The summed E-state index contributed by atoms with van der Waals surface area (Å²) in [5.74, 6) is 0.586. The lowest BCUT2D eigenvalue weighted by molar-refractivity contribution is -0.137. The first-order valence-electron chi connectivity index (χ1n) is 7.91. The van der Waals surface area contributed by atoms with Crippen LogP contribution in [-0.4, -0.2) is 24.7 Å². The van der Waals surface area contributed by atoms with Crippen molar-refractivity contribution in [3.05, 3.63) is 53.4 Å². The predicted molar refractivity (Wildman–Crippen MR) is 105 cm³/mol. The summed E-state index contributed by atoms with van der Waals surface area (Å²) in [6, 6.07) is 7.21. The molecule has 1 aromatic carbocycles. The van der Waals surface area contributed by atoms with Gasteiger partial charge >= 0.3 is 6.18 Å². The van der Waals surface area contributed by atoms with Gasteiger partial charge in [-0.1, -0.05) is 30.3 Å². The molecule has 2 aromatic rings. The summed E-state index contributed by atoms with van der Waals surface area (Å²) in [7, 11) is 1.65. The zero-order valence-electron chi connectivity index (χ0n) is 14.5. The molecule has 0 bridgehead atoms. The van der Waals surface area contributed by atoms with Crippen molar-refractivity contribution >= 4 is 29.9 Å². The second-order valence-electron chi connectivity index (χ2n) is 5.66. The van der Waals surface area contributed by atoms with Gasteiger partial charge in [-0.25, -0.2) is 0 Å². The molecule has 0 saturated heterocycles. The van der Waals surface area contributed by atoms with Crippen LogP contribution < -0.4 is 10.6 Å². The number of benzene rings is 1. The molecule has 0 radical (unpaired) electrons. The first kappa shape index (κ1) is 22.3. The Bertz CT molecular complexity index is 690. The maximum Gasteiger partial charge on any atom is 0.416 e. The molecule has 0 aliphatic rings. The standard InChI is InChI=1S/C17H21F3N4O.HI/c1-12(13-4-3-5-14(10-13)17(18,19)20)6-8-22-16(21-2)23-11-15-7-9-25-24-15;/h3-5,7,9-10,12H,6,8,11H2,1-2H3,(H2,21,22,23);1H. The van der Waals surface area contributed by atoms with Crippen LogP contribution in [0.1, 0.15) is 36.1 Å². The number of aliphatic imine (C=N–C) groups is 1. The molecular weight excluding hydrogens is 460 g/mol. The number of alkyl halides is 3. The molecule has 1 atom stereocenters. The minimum Gasteiger partial charge on any atom is -0.364 e. The molecule has 26 heavy (non-hydrogen) atoms. The Hall–Kier alpha value is -1.78. The second-order valence-corrected chi connectivity index (χ2v) is 5.66. The van der Waals surface area contributed by atoms with Crippen LogP contribution in [0.2, 0.25) is 0 Å². The number of guanidine groups is 1. The quantitative estimate of drug-likeness (QED) is 0.369. The van der Waals surface area contributed by atoms with Gasteiger partial charge in [-0.15, -0.1) is 24.0 Å². The monoisotopic (exact) mass is 482 g/mol. The highest BCUT2D eigenvalue weighted by atomic mass is 127. The molecule has 0 aliphatic heterocycles. The highest BCUT2D eigenvalue weighted by Crippen LogP contribution is 2.31. The fourth-order valence-corrected chi connectivity index (χ4v) is 2.32. The van der Waals surface area contributed by atoms with E-state index < -0.39 is 11.7 Å². The van der Waals surface area contributed by atoms with Gasteiger partial charge in [0.1, 0.15) is 12.0 Å². The van der Waals surface area contributed by atoms with E-state index in [-0.39, 0.29) is 29.9 Å². The topological polar surface area (TPSA) is 62.5 Å². The summed E-state index contributed by atoms with van der Waals surface area (Å²) < 4.78 is 43.1. The lowest BCUT2D eigenvalue weighted by atomic mass is 9.96. The summed E-state index contributed by atoms with van der Waals surface area (Å²) >= 11 is 0. The van der Waals surface area contributed by atoms with E-state index in [9.17, 15) is 13.2 Å². The first-order valence-corrected chi connectivity index (χ1v) is 7.91. The van der Waals surface area contributed by atoms with Crippen LogP contribution in [0.4, 0.5) is 13.2 Å². The van der Waals surface area contributed by atoms with Crippen molar-refractivity contribution in [1.29, 1.82) is 0 Å². The van der Waals surface area contributed by atoms with E-state index >= 15 is 0 Å². The third-order valence-electron chi connectivity index (χ3n) is 3.80. The minimum absolute atomic E-state index is 0. The third-order valence-corrected chi connectivity index (χ3v) is 3.80. The lowest BCUT2D eigenvalue weighted by Gasteiger charge is -2.16. The Labute approximate surface area is 167 Å². The zero-order valence-corrected chi connectivity index (χ0v) is 16.8. The van der Waals surface area contributed by atoms with Crippen LogP contribution in [0.3, 0.4) is 0 Å². The minimum atomic E-state index is -4.32. The first-order chi connectivity index (χ1) is 11.9. The van der Waals surface area contributed by atoms with Crippen LogP contribution in [-0.2, 0) is 12.7 Å². The van der Waals surface area contributed by atoms with Crippen LogP contribution in [0.15, 0.2) is 46.1 Å². The van der Waals surface area contributed by atoms with Gasteiger partial charge in [0, 0.05) is 19.7 Å². The van der Waals surface area contributed by atoms with Gasteiger partial charge in [0.25, 0.3) is 0 Å². The Morgan fingerprint density at radius 3 is 2.65 bits per heavy atom. The average Bonchev–Trinajstić information content (AvgIpc) is 3.10. The van der Waals surface area contributed by atoms with Crippen molar-refractivity contribution in [1.82, 2.24) is 15.8 Å². The summed E-state index contributed by atoms with van der Waals surface area (Å²) in [5, 5.41) is 10.0. The number of aromatic nitrogens is 1. The molecule has 1 aromatic heterocycles. The molecule has 5 nitrogen and oxygen atoms in total. The highest BCUT2D eigenvalue weighted by Gasteiger charge is 2.30. The molecule has 0 saturated carbocycles. The zero-order chi connectivity index (χ0) is 18.3. The Morgan fingerprint density at radius 2 is 2.04 bits per heavy atom. The van der Waals surface area contributed by atoms with Crippen molar-refractivity contribution in [2.24, 2.45) is 4.99 Å². The average molecular weight is 482 g/mol. The second kappa shape index (κ2) is 10.4. The van der Waals surface area contributed by atoms with E-state index in [4.69, 9.17) is 4.52 Å². The fraction of sp³-hybridized carbons (Fsp3) is 0.412. The number of hydrogen-bond donors (Lipinski definition) is 2. The van der Waals surface area contributed by atoms with E-state index in [1.165, 1.54) is 18.4 Å². The van der Waals surface area contributed by atoms with Gasteiger partial charge in [0.15, 0.2) is 5.96 Å². The van der Waals surface area contributed by atoms with Gasteiger partial charge < -0.3 is 15.2 Å². The van der Waals surface area contributed by atoms with Gasteiger partial charge in [0.05, 0.1) is 12.1 Å². The Kier molecular flexibility index (Phi) is 8.89. The van der Waals surface area contributed by atoms with E-state index in [1.54, 1.807) is 19.2 Å². The predicted octanol–water partition coefficient (Wildman–Crippen LogP) is 4.17. The van der Waals surface area contributed by atoms with Crippen molar-refractivity contribution in [3.8, 4) is 0 Å². The molecule has 1 heterocycles. The van der Waals surface area contributed by atoms with E-state index in [2.05, 4.69) is 20.8 Å². The van der Waals surface area contributed by atoms with E-state index in [0.717, 1.165) is 11.8 Å². The SMILES string of the molecule is CN=C(NCCC(C)c1cccc(C(F)(F)F)c1)NCc1ccon1.I. The molecular formula is C17H22F3IN4O. The molecule has 144 valence electrons. The summed E-state index contributed by atoms with van der Waals surface area (Å²) in [6.07, 6.45) is -2.16. The van der Waals surface area contributed by atoms with Crippen molar-refractivity contribution < 1.29 is 17.7 Å². The molecule has 0 spiro atoms. The lowest BCUT2D eigenvalue weighted by Crippen LogP contribution is -2.37. The summed E-state index contributed by atoms with van der Waals surface area (Å²) in [4.78, 5) is 4.09. The van der Waals surface area contributed by atoms with Crippen LogP contribution >= 0.6 is 24.0 Å². The van der Waals surface area contributed by atoms with E-state index in [1.807, 2.05) is 6.92 Å². The third kappa shape index (κ3) is 6.85. The van der Waals surface area contributed by atoms with E-state index in [0.29, 0.717) is 31.0 Å². The molecule has 2 N–H and O–H groups in total. The number of rotatable bonds is 6. The maximum atomic E-state index is 12.8. The Balaban J connectivity index is 0.00000338. The molecule has 0 aliphatic carbocycles. The number of nitrogens with one attached hydrogen (secondary N) is 2. The number of halogens is 4. The van der Waals surface area contributed by atoms with Crippen LogP contribution in [0, 0.1) is 0 Å². The van der Waals surface area contributed by atoms with Gasteiger partial charge in [-0.05, 0) is 24.0 Å². The normalized spacial score (nSPS) is 13.0.